The Morgan fingerprint density at radius 1 is 0.786 bits per heavy atom. The number of ketones is 2. The Kier molecular flexibility index (Phi) is 3.99. The summed E-state index contributed by atoms with van der Waals surface area (Å²) in [6, 6.07) is 14.9. The van der Waals surface area contributed by atoms with Crippen LogP contribution < -0.4 is 0 Å². The minimum Gasteiger partial charge on any atom is -0.293 e. The van der Waals surface area contributed by atoms with Gasteiger partial charge in [-0.25, -0.2) is 0 Å². The van der Waals surface area contributed by atoms with Crippen molar-refractivity contribution in [1.29, 1.82) is 0 Å². The molecule has 1 heterocycles. The number of carbonyl (C=O) groups is 2. The van der Waals surface area contributed by atoms with E-state index < -0.39 is 0 Å². The zero-order valence-corrected chi connectivity index (χ0v) is 16.4. The van der Waals surface area contributed by atoms with E-state index in [1.165, 1.54) is 0 Å². The average Bonchev–Trinajstić information content (AvgIpc) is 2.73. The van der Waals surface area contributed by atoms with Gasteiger partial charge in [-0.3, -0.25) is 14.6 Å². The lowest BCUT2D eigenvalue weighted by Crippen LogP contribution is -2.34. The fourth-order valence-electron chi connectivity index (χ4n) is 4.14. The number of benzene rings is 2. The molecular formula is C24H14BrNO2. The number of halogens is 1. The van der Waals surface area contributed by atoms with Crippen molar-refractivity contribution in [2.45, 2.75) is 18.3 Å². The first-order chi connectivity index (χ1) is 13.6. The first-order valence-corrected chi connectivity index (χ1v) is 9.85. The number of Topliss-reactive ketones (excluding diaryl/α,β-unsaturated/α-hetero) is 2. The molecule has 0 saturated heterocycles. The molecule has 3 nitrogen and oxygen atoms in total. The largest absolute Gasteiger partial charge is 0.293 e. The van der Waals surface area contributed by atoms with Crippen LogP contribution in [0.5, 0.6) is 0 Å². The summed E-state index contributed by atoms with van der Waals surface area (Å²) in [6.07, 6.45) is 3.95. The summed E-state index contributed by atoms with van der Waals surface area (Å²) in [5.41, 5.74) is 4.60. The van der Waals surface area contributed by atoms with Crippen LogP contribution in [-0.2, 0) is 0 Å². The van der Waals surface area contributed by atoms with Crippen LogP contribution in [0.2, 0.25) is 0 Å². The minimum absolute atomic E-state index is 0.0786. The van der Waals surface area contributed by atoms with Crippen molar-refractivity contribution in [3.05, 3.63) is 98.8 Å². The van der Waals surface area contributed by atoms with E-state index in [1.54, 1.807) is 12.4 Å². The molecule has 28 heavy (non-hydrogen) atoms. The first-order valence-electron chi connectivity index (χ1n) is 9.05. The van der Waals surface area contributed by atoms with Gasteiger partial charge >= 0.3 is 0 Å². The van der Waals surface area contributed by atoms with E-state index in [1.807, 2.05) is 48.5 Å². The molecule has 0 N–H and O–H groups in total. The second-order valence-electron chi connectivity index (χ2n) is 7.09. The smallest absolute Gasteiger partial charge is 0.170 e. The van der Waals surface area contributed by atoms with E-state index in [0.717, 1.165) is 26.7 Å². The van der Waals surface area contributed by atoms with Crippen LogP contribution in [0.3, 0.4) is 0 Å². The monoisotopic (exact) mass is 427 g/mol. The maximum absolute atomic E-state index is 13.2. The van der Waals surface area contributed by atoms with Gasteiger partial charge in [-0.15, -0.1) is 0 Å². The Hall–Kier alpha value is -3.03. The number of rotatable bonds is 0. The molecule has 2 atom stereocenters. The van der Waals surface area contributed by atoms with E-state index >= 15 is 0 Å². The first kappa shape index (κ1) is 17.1. The van der Waals surface area contributed by atoms with Gasteiger partial charge in [0.2, 0.25) is 0 Å². The number of hydrogen-bond donors (Lipinski definition) is 0. The Labute approximate surface area is 170 Å². The molecule has 0 spiro atoms. The molecule has 134 valence electrons. The normalized spacial score (nSPS) is 19.3. The molecule has 4 heteroatoms. The molecule has 2 unspecified atom stereocenters. The number of fused-ring (bicyclic) bond motifs is 6. The lowest BCUT2D eigenvalue weighted by Gasteiger charge is -2.35. The van der Waals surface area contributed by atoms with Gasteiger partial charge in [0, 0.05) is 51.0 Å². The number of aromatic nitrogens is 1. The average molecular weight is 428 g/mol. The van der Waals surface area contributed by atoms with Crippen LogP contribution in [0.1, 0.15) is 61.2 Å². The van der Waals surface area contributed by atoms with Gasteiger partial charge in [-0.1, -0.05) is 39.9 Å². The molecule has 0 amide bonds. The molecule has 0 aliphatic heterocycles. The summed E-state index contributed by atoms with van der Waals surface area (Å²) < 4.78 is 0.856. The molecule has 2 bridgehead atoms. The minimum atomic E-state index is -0.262. The summed E-state index contributed by atoms with van der Waals surface area (Å²) in [6.45, 7) is 0. The predicted molar refractivity (Wildman–Crippen MR) is 110 cm³/mol. The number of nitrogens with zero attached hydrogens (tertiary/aromatic N) is 1. The maximum atomic E-state index is 13.2. The molecule has 1 aromatic heterocycles. The molecule has 3 aromatic rings. The van der Waals surface area contributed by atoms with Crippen molar-refractivity contribution in [3.8, 4) is 11.8 Å². The Morgan fingerprint density at radius 2 is 1.39 bits per heavy atom. The quantitative estimate of drug-likeness (QED) is 0.479. The van der Waals surface area contributed by atoms with E-state index in [2.05, 4.69) is 32.8 Å². The summed E-state index contributed by atoms with van der Waals surface area (Å²) in [5.74, 6) is 5.85. The van der Waals surface area contributed by atoms with Gasteiger partial charge in [0.05, 0.1) is 0 Å². The SMILES string of the molecule is O=C1c2cc(C#Cc3ccncc3)ccc2C2CC1c1ccc(Br)cc1C2=O. The topological polar surface area (TPSA) is 47.0 Å². The highest BCUT2D eigenvalue weighted by Crippen LogP contribution is 2.47. The molecule has 2 aromatic carbocycles. The van der Waals surface area contributed by atoms with E-state index in [9.17, 15) is 9.59 Å². The number of hydrogen-bond acceptors (Lipinski definition) is 3. The lowest BCUT2D eigenvalue weighted by atomic mass is 9.65. The third-order valence-electron chi connectivity index (χ3n) is 5.49. The van der Waals surface area contributed by atoms with Crippen molar-refractivity contribution < 1.29 is 9.59 Å². The predicted octanol–water partition coefficient (Wildman–Crippen LogP) is 4.89. The van der Waals surface area contributed by atoms with Gasteiger partial charge < -0.3 is 0 Å². The zero-order valence-electron chi connectivity index (χ0n) is 14.8. The molecule has 2 aliphatic rings. The Morgan fingerprint density at radius 3 is 2.11 bits per heavy atom. The molecule has 2 aliphatic carbocycles. The zero-order chi connectivity index (χ0) is 19.3. The van der Waals surface area contributed by atoms with Crippen molar-refractivity contribution in [1.82, 2.24) is 4.98 Å². The number of carbonyl (C=O) groups excluding carboxylic acids is 2. The van der Waals surface area contributed by atoms with Gasteiger partial charge in [0.1, 0.15) is 0 Å². The second-order valence-corrected chi connectivity index (χ2v) is 8.00. The second kappa shape index (κ2) is 6.54. The van der Waals surface area contributed by atoms with Crippen LogP contribution >= 0.6 is 15.9 Å². The van der Waals surface area contributed by atoms with E-state index in [4.69, 9.17) is 0 Å². The van der Waals surface area contributed by atoms with Gasteiger partial charge in [-0.05, 0) is 53.9 Å². The van der Waals surface area contributed by atoms with Crippen LogP contribution in [0, 0.1) is 11.8 Å². The Bertz CT molecular complexity index is 1200. The Balaban J connectivity index is 1.58. The standard InChI is InChI=1S/C24H14BrNO2/c25-16-4-6-18-20(12-16)24(28)21-13-22(18)23(27)19-11-15(3-5-17(19)21)2-1-14-7-9-26-10-8-14/h3-12,21-22H,13H2. The third-order valence-corrected chi connectivity index (χ3v) is 5.98. The lowest BCUT2D eigenvalue weighted by molar-refractivity contribution is 0.0875. The summed E-state index contributed by atoms with van der Waals surface area (Å²) in [5, 5.41) is 0. The highest BCUT2D eigenvalue weighted by molar-refractivity contribution is 9.10. The molecular weight excluding hydrogens is 414 g/mol. The molecule has 5 rings (SSSR count). The van der Waals surface area contributed by atoms with Gasteiger partial charge in [0.15, 0.2) is 11.6 Å². The van der Waals surface area contributed by atoms with Crippen molar-refractivity contribution in [2.75, 3.05) is 0 Å². The van der Waals surface area contributed by atoms with Crippen LogP contribution in [0.25, 0.3) is 0 Å². The molecule has 0 radical (unpaired) electrons. The fraction of sp³-hybridized carbons (Fsp3) is 0.125. The van der Waals surface area contributed by atoms with Crippen LogP contribution in [0.15, 0.2) is 65.4 Å². The van der Waals surface area contributed by atoms with E-state index in [-0.39, 0.29) is 23.4 Å². The van der Waals surface area contributed by atoms with Gasteiger partial charge in [-0.2, -0.15) is 0 Å². The summed E-state index contributed by atoms with van der Waals surface area (Å²) >= 11 is 3.43. The molecule has 0 fully saturated rings. The summed E-state index contributed by atoms with van der Waals surface area (Å²) in [4.78, 5) is 30.3. The highest BCUT2D eigenvalue weighted by Gasteiger charge is 2.43. The van der Waals surface area contributed by atoms with Crippen molar-refractivity contribution in [3.63, 3.8) is 0 Å². The van der Waals surface area contributed by atoms with E-state index in [0.29, 0.717) is 17.5 Å². The fourth-order valence-corrected chi connectivity index (χ4v) is 4.50. The van der Waals surface area contributed by atoms with Crippen LogP contribution in [-0.4, -0.2) is 16.6 Å². The van der Waals surface area contributed by atoms with Gasteiger partial charge in [0.25, 0.3) is 0 Å². The summed E-state index contributed by atoms with van der Waals surface area (Å²) in [7, 11) is 0. The van der Waals surface area contributed by atoms with Crippen LogP contribution in [0.4, 0.5) is 0 Å². The highest BCUT2D eigenvalue weighted by atomic mass is 79.9. The van der Waals surface area contributed by atoms with Crippen molar-refractivity contribution >= 4 is 27.5 Å². The maximum Gasteiger partial charge on any atom is 0.170 e. The number of pyridine rings is 1. The van der Waals surface area contributed by atoms with Crippen molar-refractivity contribution in [2.24, 2.45) is 0 Å². The third kappa shape index (κ3) is 2.71. The molecule has 0 saturated carbocycles.